The third-order valence-electron chi connectivity index (χ3n) is 8.44. The van der Waals surface area contributed by atoms with Gasteiger partial charge in [0, 0.05) is 6.42 Å². The molecule has 2 rings (SSSR count). The van der Waals surface area contributed by atoms with Crippen molar-refractivity contribution in [1.29, 1.82) is 0 Å². The van der Waals surface area contributed by atoms with E-state index in [-0.39, 0.29) is 10.8 Å². The van der Waals surface area contributed by atoms with Crippen LogP contribution in [0.15, 0.2) is 36.4 Å². The summed E-state index contributed by atoms with van der Waals surface area (Å²) >= 11 is 0. The van der Waals surface area contributed by atoms with E-state index in [0.717, 1.165) is 17.9 Å². The fourth-order valence-corrected chi connectivity index (χ4v) is 5.43. The van der Waals surface area contributed by atoms with Gasteiger partial charge < -0.3 is 9.47 Å². The van der Waals surface area contributed by atoms with Crippen LogP contribution in [0.4, 0.5) is 0 Å². The van der Waals surface area contributed by atoms with Gasteiger partial charge in [-0.1, -0.05) is 93.5 Å². The Hall–Kier alpha value is -1.96. The van der Waals surface area contributed by atoms with Crippen LogP contribution in [0.2, 0.25) is 0 Å². The standard InChI is InChI=1S/C31H48O2.2C2H6/c1-9-30(10-2,11-3)26-16-18-28(24(7)22-26)32-20-15-21-33-29-19-17-27(23-25(29)8)31(12-4,13-5)14-6;2*1-2/h16-19,22-23H,9-15,20-21H2,1-8H3;2*1-2H3. The Bertz CT molecular complexity index is 772. The molecular weight excluding hydrogens is 452 g/mol. The zero-order chi connectivity index (χ0) is 28.5. The lowest BCUT2D eigenvalue weighted by Gasteiger charge is -2.31. The molecule has 0 aliphatic heterocycles. The summed E-state index contributed by atoms with van der Waals surface area (Å²) in [4.78, 5) is 0. The molecule has 2 heteroatoms. The summed E-state index contributed by atoms with van der Waals surface area (Å²) in [6.45, 7) is 27.5. The van der Waals surface area contributed by atoms with Gasteiger partial charge in [-0.3, -0.25) is 0 Å². The Morgan fingerprint density at radius 1 is 0.514 bits per heavy atom. The van der Waals surface area contributed by atoms with Crippen molar-refractivity contribution in [1.82, 2.24) is 0 Å². The summed E-state index contributed by atoms with van der Waals surface area (Å²) in [5.74, 6) is 1.98. The maximum absolute atomic E-state index is 6.10. The van der Waals surface area contributed by atoms with Crippen molar-refractivity contribution < 1.29 is 9.47 Å². The molecule has 0 aromatic heterocycles. The van der Waals surface area contributed by atoms with E-state index in [2.05, 4.69) is 91.8 Å². The molecule has 0 saturated heterocycles. The summed E-state index contributed by atoms with van der Waals surface area (Å²) in [5, 5.41) is 0. The Kier molecular flexibility index (Phi) is 17.3. The predicted molar refractivity (Wildman–Crippen MR) is 166 cm³/mol. The number of aryl methyl sites for hydroxylation is 2. The molecule has 0 aliphatic rings. The van der Waals surface area contributed by atoms with Crippen LogP contribution in [0.1, 0.15) is 136 Å². The Morgan fingerprint density at radius 3 is 1.05 bits per heavy atom. The van der Waals surface area contributed by atoms with Crippen molar-refractivity contribution in [2.24, 2.45) is 0 Å². The third kappa shape index (κ3) is 9.08. The van der Waals surface area contributed by atoms with Gasteiger partial charge in [-0.15, -0.1) is 0 Å². The molecule has 0 bridgehead atoms. The van der Waals surface area contributed by atoms with Gasteiger partial charge in [0.05, 0.1) is 13.2 Å². The molecule has 0 saturated carbocycles. The van der Waals surface area contributed by atoms with E-state index >= 15 is 0 Å². The van der Waals surface area contributed by atoms with Crippen LogP contribution in [0.3, 0.4) is 0 Å². The van der Waals surface area contributed by atoms with Gasteiger partial charge in [-0.05, 0) is 97.6 Å². The molecule has 0 heterocycles. The quantitative estimate of drug-likeness (QED) is 0.234. The SMILES string of the molecule is CC.CC.CCC(CC)(CC)c1ccc(OCCCOc2ccc(C(CC)(CC)CC)cc2C)c(C)c1. The smallest absolute Gasteiger partial charge is 0.122 e. The molecule has 0 radical (unpaired) electrons. The fraction of sp³-hybridized carbons (Fsp3) is 0.657. The summed E-state index contributed by atoms with van der Waals surface area (Å²) in [6.07, 6.45) is 7.91. The molecule has 2 aromatic carbocycles. The molecule has 0 spiro atoms. The minimum atomic E-state index is 0.287. The topological polar surface area (TPSA) is 18.5 Å². The van der Waals surface area contributed by atoms with Gasteiger partial charge in [0.15, 0.2) is 0 Å². The van der Waals surface area contributed by atoms with Crippen LogP contribution in [-0.4, -0.2) is 13.2 Å². The van der Waals surface area contributed by atoms with Gasteiger partial charge in [0.1, 0.15) is 11.5 Å². The lowest BCUT2D eigenvalue weighted by molar-refractivity contribution is 0.245. The Morgan fingerprint density at radius 2 is 0.811 bits per heavy atom. The molecule has 0 amide bonds. The fourth-order valence-electron chi connectivity index (χ4n) is 5.43. The molecule has 0 atom stereocenters. The van der Waals surface area contributed by atoms with Crippen molar-refractivity contribution in [2.75, 3.05) is 13.2 Å². The monoisotopic (exact) mass is 512 g/mol. The van der Waals surface area contributed by atoms with E-state index < -0.39 is 0 Å². The first-order valence-electron chi connectivity index (χ1n) is 15.3. The molecule has 212 valence electrons. The first-order chi connectivity index (χ1) is 17.8. The zero-order valence-corrected chi connectivity index (χ0v) is 26.6. The maximum atomic E-state index is 6.10. The van der Waals surface area contributed by atoms with E-state index in [4.69, 9.17) is 9.47 Å². The normalized spacial score (nSPS) is 11.1. The van der Waals surface area contributed by atoms with Crippen LogP contribution in [0.5, 0.6) is 11.5 Å². The van der Waals surface area contributed by atoms with E-state index in [1.807, 2.05) is 27.7 Å². The Labute approximate surface area is 231 Å². The van der Waals surface area contributed by atoms with E-state index in [9.17, 15) is 0 Å². The second kappa shape index (κ2) is 18.3. The largest absolute Gasteiger partial charge is 0.493 e. The molecule has 2 aromatic rings. The van der Waals surface area contributed by atoms with Crippen molar-refractivity contribution in [3.05, 3.63) is 58.7 Å². The van der Waals surface area contributed by atoms with Crippen molar-refractivity contribution >= 4 is 0 Å². The zero-order valence-electron chi connectivity index (χ0n) is 26.6. The third-order valence-corrected chi connectivity index (χ3v) is 8.44. The van der Waals surface area contributed by atoms with Gasteiger partial charge in [-0.2, -0.15) is 0 Å². The van der Waals surface area contributed by atoms with Gasteiger partial charge in [0.2, 0.25) is 0 Å². The van der Waals surface area contributed by atoms with Gasteiger partial charge in [-0.25, -0.2) is 0 Å². The lowest BCUT2D eigenvalue weighted by atomic mass is 9.73. The molecule has 0 fully saturated rings. The van der Waals surface area contributed by atoms with Crippen molar-refractivity contribution in [3.63, 3.8) is 0 Å². The highest BCUT2D eigenvalue weighted by Crippen LogP contribution is 2.38. The highest BCUT2D eigenvalue weighted by atomic mass is 16.5. The average Bonchev–Trinajstić information content (AvgIpc) is 2.95. The number of rotatable bonds is 14. The number of benzene rings is 2. The minimum Gasteiger partial charge on any atom is -0.493 e. The van der Waals surface area contributed by atoms with Gasteiger partial charge in [0.25, 0.3) is 0 Å². The maximum Gasteiger partial charge on any atom is 0.122 e. The highest BCUT2D eigenvalue weighted by Gasteiger charge is 2.27. The van der Waals surface area contributed by atoms with E-state index in [0.29, 0.717) is 13.2 Å². The average molecular weight is 513 g/mol. The Balaban J connectivity index is 0.00000308. The summed E-state index contributed by atoms with van der Waals surface area (Å²) < 4.78 is 12.2. The van der Waals surface area contributed by atoms with E-state index in [1.165, 1.54) is 60.8 Å². The molecule has 0 N–H and O–H groups in total. The van der Waals surface area contributed by atoms with Gasteiger partial charge >= 0.3 is 0 Å². The second-order valence-corrected chi connectivity index (χ2v) is 9.69. The summed E-state index contributed by atoms with van der Waals surface area (Å²) in [6, 6.07) is 13.5. The van der Waals surface area contributed by atoms with Crippen molar-refractivity contribution in [3.8, 4) is 11.5 Å². The number of hydrogen-bond donors (Lipinski definition) is 0. The first kappa shape index (κ1) is 35.0. The van der Waals surface area contributed by atoms with Crippen LogP contribution in [0, 0.1) is 13.8 Å². The summed E-state index contributed by atoms with van der Waals surface area (Å²) in [5.41, 5.74) is 5.92. The highest BCUT2D eigenvalue weighted by molar-refractivity contribution is 5.40. The van der Waals surface area contributed by atoms with Crippen molar-refractivity contribution in [2.45, 2.75) is 139 Å². The van der Waals surface area contributed by atoms with Crippen LogP contribution in [-0.2, 0) is 10.8 Å². The van der Waals surface area contributed by atoms with Crippen LogP contribution >= 0.6 is 0 Å². The minimum absolute atomic E-state index is 0.287. The molecule has 37 heavy (non-hydrogen) atoms. The van der Waals surface area contributed by atoms with Crippen LogP contribution in [0.25, 0.3) is 0 Å². The van der Waals surface area contributed by atoms with E-state index in [1.54, 1.807) is 0 Å². The second-order valence-electron chi connectivity index (χ2n) is 9.69. The first-order valence-corrected chi connectivity index (χ1v) is 15.3. The molecule has 0 unspecified atom stereocenters. The lowest BCUT2D eigenvalue weighted by Crippen LogP contribution is -2.23. The molecule has 0 aliphatic carbocycles. The molecule has 2 nitrogen and oxygen atoms in total. The predicted octanol–water partition coefficient (Wildman–Crippen LogP) is 11.1. The number of hydrogen-bond acceptors (Lipinski definition) is 2. The summed E-state index contributed by atoms with van der Waals surface area (Å²) in [7, 11) is 0. The van der Waals surface area contributed by atoms with Crippen LogP contribution < -0.4 is 9.47 Å². The number of ether oxygens (including phenoxy) is 2. The molecular formula is C35H60O2.